The molecule has 0 saturated heterocycles. The lowest BCUT2D eigenvalue weighted by atomic mass is 9.90. The van der Waals surface area contributed by atoms with Crippen LogP contribution in [0.4, 0.5) is 0 Å². The third-order valence-electron chi connectivity index (χ3n) is 4.25. The van der Waals surface area contributed by atoms with Crippen LogP contribution in [-0.4, -0.2) is 19.5 Å². The van der Waals surface area contributed by atoms with Crippen molar-refractivity contribution in [1.82, 2.24) is 19.5 Å². The Bertz CT molecular complexity index is 1210. The summed E-state index contributed by atoms with van der Waals surface area (Å²) in [5.74, 6) is 0. The Hall–Kier alpha value is -2.86. The molecule has 6 nitrogen and oxygen atoms in total. The standard InChI is InChI=1S/C20H21ClN4O2/c1-20(2,3)17-14(22-11-23-17)10-15-19(27)25(4)16(18(26)24-15)9-12-5-7-13(21)8-6-12/h5-11H,1-4H3,(H,22,23)(H,24,26)/b15-10-,16-9-. The van der Waals surface area contributed by atoms with Crippen LogP contribution >= 0.6 is 11.6 Å². The highest BCUT2D eigenvalue weighted by atomic mass is 35.5. The number of hydrogen-bond donors (Lipinski definition) is 2. The third-order valence-corrected chi connectivity index (χ3v) is 4.50. The Morgan fingerprint density at radius 2 is 1.78 bits per heavy atom. The first-order chi connectivity index (χ1) is 12.7. The zero-order valence-electron chi connectivity index (χ0n) is 15.6. The van der Waals surface area contributed by atoms with Gasteiger partial charge in [0.2, 0.25) is 0 Å². The van der Waals surface area contributed by atoms with Gasteiger partial charge in [0.15, 0.2) is 0 Å². The summed E-state index contributed by atoms with van der Waals surface area (Å²) in [5, 5.41) is 1.06. The molecule has 0 spiro atoms. The smallest absolute Gasteiger partial charge is 0.274 e. The molecule has 0 atom stereocenters. The number of benzene rings is 1. The van der Waals surface area contributed by atoms with Gasteiger partial charge in [-0.05, 0) is 29.8 Å². The van der Waals surface area contributed by atoms with Crippen molar-refractivity contribution in [2.45, 2.75) is 26.2 Å². The average Bonchev–Trinajstić information content (AvgIpc) is 3.07. The molecule has 0 saturated carbocycles. The van der Waals surface area contributed by atoms with E-state index in [9.17, 15) is 9.59 Å². The van der Waals surface area contributed by atoms with Crippen LogP contribution < -0.4 is 21.8 Å². The second-order valence-corrected chi connectivity index (χ2v) is 7.81. The maximum absolute atomic E-state index is 12.8. The molecule has 0 radical (unpaired) electrons. The van der Waals surface area contributed by atoms with E-state index >= 15 is 0 Å². The van der Waals surface area contributed by atoms with Gasteiger partial charge in [-0.15, -0.1) is 0 Å². The van der Waals surface area contributed by atoms with Gasteiger partial charge in [-0.1, -0.05) is 44.5 Å². The lowest BCUT2D eigenvalue weighted by Gasteiger charge is -2.16. The van der Waals surface area contributed by atoms with Crippen LogP contribution in [0.2, 0.25) is 5.02 Å². The van der Waals surface area contributed by atoms with Crippen LogP contribution in [-0.2, 0) is 12.5 Å². The van der Waals surface area contributed by atoms with Crippen LogP contribution in [0.1, 0.15) is 37.7 Å². The minimum absolute atomic E-state index is 0.170. The number of nitrogens with one attached hydrogen (secondary N) is 2. The summed E-state index contributed by atoms with van der Waals surface area (Å²) in [6.07, 6.45) is 4.83. The molecule has 2 N–H and O–H groups in total. The molecule has 1 aromatic carbocycles. The molecule has 7 heteroatoms. The highest BCUT2D eigenvalue weighted by Gasteiger charge is 2.19. The number of rotatable bonds is 2. The van der Waals surface area contributed by atoms with E-state index in [1.165, 1.54) is 4.57 Å². The predicted molar refractivity (Wildman–Crippen MR) is 107 cm³/mol. The molecule has 2 aromatic heterocycles. The lowest BCUT2D eigenvalue weighted by molar-refractivity contribution is 0.571. The fraction of sp³-hybridized carbons (Fsp3) is 0.250. The van der Waals surface area contributed by atoms with Gasteiger partial charge in [-0.2, -0.15) is 0 Å². The maximum Gasteiger partial charge on any atom is 0.274 e. The topological polar surface area (TPSA) is 83.5 Å². The number of H-pyrrole nitrogens is 2. The van der Waals surface area contributed by atoms with Crippen molar-refractivity contribution >= 4 is 23.8 Å². The van der Waals surface area contributed by atoms with E-state index in [0.29, 0.717) is 10.7 Å². The van der Waals surface area contributed by atoms with Crippen molar-refractivity contribution in [3.8, 4) is 0 Å². The number of aromatic amines is 2. The maximum atomic E-state index is 12.8. The van der Waals surface area contributed by atoms with Gasteiger partial charge in [0.05, 0.1) is 12.0 Å². The predicted octanol–water partition coefficient (Wildman–Crippen LogP) is 1.41. The second kappa shape index (κ2) is 7.04. The molecule has 2 heterocycles. The van der Waals surface area contributed by atoms with Crippen molar-refractivity contribution < 1.29 is 0 Å². The fourth-order valence-electron chi connectivity index (χ4n) is 2.81. The molecule has 0 aliphatic carbocycles. The summed E-state index contributed by atoms with van der Waals surface area (Å²) in [5.41, 5.74) is 1.46. The highest BCUT2D eigenvalue weighted by Crippen LogP contribution is 2.22. The molecule has 3 rings (SSSR count). The van der Waals surface area contributed by atoms with Gasteiger partial charge < -0.3 is 14.5 Å². The summed E-state index contributed by atoms with van der Waals surface area (Å²) in [4.78, 5) is 35.4. The molecule has 0 amide bonds. The first kappa shape index (κ1) is 18.9. The molecule has 0 fully saturated rings. The summed E-state index contributed by atoms with van der Waals surface area (Å²) in [7, 11) is 1.58. The van der Waals surface area contributed by atoms with Gasteiger partial charge in [-0.25, -0.2) is 4.98 Å². The van der Waals surface area contributed by atoms with Crippen molar-refractivity contribution in [1.29, 1.82) is 0 Å². The van der Waals surface area contributed by atoms with E-state index in [4.69, 9.17) is 11.6 Å². The molecular weight excluding hydrogens is 364 g/mol. The average molecular weight is 385 g/mol. The number of imidazole rings is 1. The van der Waals surface area contributed by atoms with E-state index in [1.54, 1.807) is 49.8 Å². The molecule has 140 valence electrons. The summed E-state index contributed by atoms with van der Waals surface area (Å²) < 4.78 is 1.34. The molecule has 27 heavy (non-hydrogen) atoms. The summed E-state index contributed by atoms with van der Waals surface area (Å²) in [6, 6.07) is 7.03. The summed E-state index contributed by atoms with van der Waals surface area (Å²) in [6.45, 7) is 6.13. The van der Waals surface area contributed by atoms with Gasteiger partial charge in [0.1, 0.15) is 10.7 Å². The van der Waals surface area contributed by atoms with E-state index in [2.05, 4.69) is 15.0 Å². The van der Waals surface area contributed by atoms with Crippen molar-refractivity contribution in [2.75, 3.05) is 0 Å². The van der Waals surface area contributed by atoms with E-state index in [0.717, 1.165) is 11.3 Å². The molecule has 0 aliphatic heterocycles. The van der Waals surface area contributed by atoms with Crippen molar-refractivity contribution in [3.05, 3.63) is 84.0 Å². The SMILES string of the molecule is Cn1c(=O)/c(=C/c2nc[nH]c2C(C)(C)C)[nH]c(=O)/c1=C/c1ccc(Cl)cc1. The molecule has 0 aliphatic rings. The van der Waals surface area contributed by atoms with Crippen LogP contribution in [0.3, 0.4) is 0 Å². The number of hydrogen-bond acceptors (Lipinski definition) is 3. The van der Waals surface area contributed by atoms with Gasteiger partial charge in [0.25, 0.3) is 11.1 Å². The van der Waals surface area contributed by atoms with E-state index < -0.39 is 0 Å². The largest absolute Gasteiger partial charge is 0.348 e. The summed E-state index contributed by atoms with van der Waals surface area (Å²) >= 11 is 5.89. The quantitative estimate of drug-likeness (QED) is 0.700. The van der Waals surface area contributed by atoms with Gasteiger partial charge >= 0.3 is 0 Å². The molecule has 0 bridgehead atoms. The molecular formula is C20H21ClN4O2. The Morgan fingerprint density at radius 1 is 1.11 bits per heavy atom. The van der Waals surface area contributed by atoms with Gasteiger partial charge in [-0.3, -0.25) is 9.59 Å². The monoisotopic (exact) mass is 384 g/mol. The Morgan fingerprint density at radius 3 is 2.41 bits per heavy atom. The van der Waals surface area contributed by atoms with Crippen molar-refractivity contribution in [2.24, 2.45) is 7.05 Å². The first-order valence-corrected chi connectivity index (χ1v) is 8.87. The minimum atomic E-state index is -0.355. The van der Waals surface area contributed by atoms with E-state index in [-0.39, 0.29) is 27.2 Å². The van der Waals surface area contributed by atoms with Crippen LogP contribution in [0.15, 0.2) is 40.2 Å². The zero-order chi connectivity index (χ0) is 19.8. The van der Waals surface area contributed by atoms with Gasteiger partial charge in [0, 0.05) is 23.2 Å². The minimum Gasteiger partial charge on any atom is -0.348 e. The highest BCUT2D eigenvalue weighted by molar-refractivity contribution is 6.30. The fourth-order valence-corrected chi connectivity index (χ4v) is 2.94. The van der Waals surface area contributed by atoms with Crippen molar-refractivity contribution in [3.63, 3.8) is 0 Å². The second-order valence-electron chi connectivity index (χ2n) is 7.37. The Balaban J connectivity index is 2.20. The normalized spacial score (nSPS) is 13.4. The van der Waals surface area contributed by atoms with Crippen LogP contribution in [0.5, 0.6) is 0 Å². The number of nitrogens with zero attached hydrogens (tertiary/aromatic N) is 2. The van der Waals surface area contributed by atoms with Crippen LogP contribution in [0.25, 0.3) is 12.2 Å². The molecule has 0 unspecified atom stereocenters. The Labute approximate surface area is 160 Å². The number of halogens is 1. The number of aromatic nitrogens is 4. The third kappa shape index (κ3) is 3.95. The Kier molecular flexibility index (Phi) is 4.93. The lowest BCUT2D eigenvalue weighted by Crippen LogP contribution is -2.52. The van der Waals surface area contributed by atoms with E-state index in [1.807, 2.05) is 20.8 Å². The van der Waals surface area contributed by atoms with Crippen LogP contribution in [0, 0.1) is 0 Å². The zero-order valence-corrected chi connectivity index (χ0v) is 16.4. The molecule has 3 aromatic rings. The first-order valence-electron chi connectivity index (χ1n) is 8.49.